The molecule has 0 saturated carbocycles. The van der Waals surface area contributed by atoms with Gasteiger partial charge in [0.15, 0.2) is 0 Å². The number of benzene rings is 1. The molecular weight excluding hydrogens is 314 g/mol. The van der Waals surface area contributed by atoms with Crippen molar-refractivity contribution in [2.45, 2.75) is 31.8 Å². The summed E-state index contributed by atoms with van der Waals surface area (Å²) in [6, 6.07) is 2.06. The Morgan fingerprint density at radius 1 is 0.818 bits per heavy atom. The molecule has 0 saturated heterocycles. The Labute approximate surface area is 120 Å². The largest absolute Gasteiger partial charge is 0.430 e. The predicted molar refractivity (Wildman–Crippen MR) is 65.0 cm³/mol. The fraction of sp³-hybridized carbons (Fsp3) is 0.385. The maximum Gasteiger partial charge on any atom is 0.430 e. The van der Waals surface area contributed by atoms with E-state index in [0.29, 0.717) is 23.5 Å². The van der Waals surface area contributed by atoms with Crippen molar-refractivity contribution in [2.24, 2.45) is 0 Å². The van der Waals surface area contributed by atoms with Crippen LogP contribution in [-0.4, -0.2) is 27.4 Å². The normalized spacial score (nSPS) is 13.7. The summed E-state index contributed by atoms with van der Waals surface area (Å²) in [7, 11) is 0. The van der Waals surface area contributed by atoms with E-state index < -0.39 is 23.5 Å². The van der Waals surface area contributed by atoms with Crippen LogP contribution in [0, 0.1) is 13.8 Å². The van der Waals surface area contributed by atoms with Gasteiger partial charge < -0.3 is 5.11 Å². The van der Waals surface area contributed by atoms with Gasteiger partial charge in [0.25, 0.3) is 5.60 Å². The van der Waals surface area contributed by atoms with Crippen molar-refractivity contribution in [2.75, 3.05) is 0 Å². The van der Waals surface area contributed by atoms with E-state index in [2.05, 4.69) is 9.97 Å². The van der Waals surface area contributed by atoms with E-state index in [4.69, 9.17) is 0 Å². The average molecular weight is 324 g/mol. The smallest absolute Gasteiger partial charge is 0.369 e. The van der Waals surface area contributed by atoms with Gasteiger partial charge in [0.2, 0.25) is 0 Å². The van der Waals surface area contributed by atoms with Crippen molar-refractivity contribution in [3.8, 4) is 0 Å². The van der Waals surface area contributed by atoms with Crippen LogP contribution in [0.5, 0.6) is 0 Å². The maximum absolute atomic E-state index is 12.8. The molecule has 0 atom stereocenters. The third-order valence-electron chi connectivity index (χ3n) is 3.31. The molecule has 1 N–H and O–H groups in total. The summed E-state index contributed by atoms with van der Waals surface area (Å²) < 4.78 is 76.9. The van der Waals surface area contributed by atoms with Gasteiger partial charge in [-0.25, -0.2) is 9.97 Å². The highest BCUT2D eigenvalue weighted by Crippen LogP contribution is 2.50. The first kappa shape index (κ1) is 16.5. The van der Waals surface area contributed by atoms with Crippen molar-refractivity contribution < 1.29 is 31.4 Å². The van der Waals surface area contributed by atoms with Gasteiger partial charge in [-0.2, -0.15) is 26.3 Å². The van der Waals surface area contributed by atoms with E-state index in [9.17, 15) is 31.4 Å². The molecule has 0 aliphatic rings. The summed E-state index contributed by atoms with van der Waals surface area (Å²) in [6.45, 7) is 3.13. The molecule has 9 heteroatoms. The molecule has 2 rings (SSSR count). The molecule has 0 radical (unpaired) electrons. The zero-order valence-corrected chi connectivity index (χ0v) is 11.3. The molecule has 1 heterocycles. The number of hydrogen-bond acceptors (Lipinski definition) is 3. The maximum atomic E-state index is 12.8. The van der Waals surface area contributed by atoms with Gasteiger partial charge in [-0.15, -0.1) is 0 Å². The van der Waals surface area contributed by atoms with Crippen molar-refractivity contribution in [1.29, 1.82) is 0 Å². The van der Waals surface area contributed by atoms with Crippen LogP contribution in [0.4, 0.5) is 26.3 Å². The summed E-state index contributed by atoms with van der Waals surface area (Å²) in [5.41, 5.74) is -5.47. The standard InChI is InChI=1S/C13H10F6N2O/c1-6-7(2)21-10-5-8(3-4-9(10)20-6)11(22,12(14,15)16)13(17,18)19/h3-5,22H,1-2H3. The minimum atomic E-state index is -5.92. The van der Waals surface area contributed by atoms with Crippen LogP contribution in [0.15, 0.2) is 18.2 Å². The first-order valence-corrected chi connectivity index (χ1v) is 5.99. The molecule has 22 heavy (non-hydrogen) atoms. The second-order valence-electron chi connectivity index (χ2n) is 4.80. The lowest BCUT2D eigenvalue weighted by Gasteiger charge is -2.32. The SMILES string of the molecule is Cc1nc2ccc(C(O)(C(F)(F)F)C(F)(F)F)cc2nc1C. The average Bonchev–Trinajstić information content (AvgIpc) is 2.36. The number of aliphatic hydroxyl groups is 1. The second kappa shape index (κ2) is 4.80. The first-order valence-electron chi connectivity index (χ1n) is 5.99. The molecule has 0 bridgehead atoms. The Hall–Kier alpha value is -1.90. The fourth-order valence-corrected chi connectivity index (χ4v) is 1.94. The lowest BCUT2D eigenvalue weighted by molar-refractivity contribution is -0.376. The van der Waals surface area contributed by atoms with Crippen LogP contribution in [0.25, 0.3) is 11.0 Å². The van der Waals surface area contributed by atoms with Crippen molar-refractivity contribution in [3.05, 3.63) is 35.2 Å². The third kappa shape index (κ3) is 2.39. The van der Waals surface area contributed by atoms with Gasteiger partial charge in [0, 0.05) is 5.56 Å². The number of aromatic nitrogens is 2. The quantitative estimate of drug-likeness (QED) is 0.816. The molecule has 0 fully saturated rings. The van der Waals surface area contributed by atoms with Gasteiger partial charge in [-0.3, -0.25) is 0 Å². The van der Waals surface area contributed by atoms with Crippen LogP contribution >= 0.6 is 0 Å². The van der Waals surface area contributed by atoms with E-state index in [0.717, 1.165) is 6.07 Å². The Balaban J connectivity index is 2.74. The van der Waals surface area contributed by atoms with Crippen LogP contribution in [0.3, 0.4) is 0 Å². The van der Waals surface area contributed by atoms with Crippen molar-refractivity contribution in [3.63, 3.8) is 0 Å². The Kier molecular flexibility index (Phi) is 3.59. The Bertz CT molecular complexity index is 709. The van der Waals surface area contributed by atoms with Gasteiger partial charge in [-0.1, -0.05) is 6.07 Å². The van der Waals surface area contributed by atoms with Gasteiger partial charge in [-0.05, 0) is 26.0 Å². The lowest BCUT2D eigenvalue weighted by Crippen LogP contribution is -2.53. The van der Waals surface area contributed by atoms with Gasteiger partial charge in [0.05, 0.1) is 22.4 Å². The van der Waals surface area contributed by atoms with E-state index in [1.165, 1.54) is 6.92 Å². The summed E-state index contributed by atoms with van der Waals surface area (Å²) in [4.78, 5) is 7.92. The molecule has 1 aromatic heterocycles. The molecule has 120 valence electrons. The first-order chi connectivity index (χ1) is 9.88. The number of halogens is 6. The number of rotatable bonds is 1. The molecular formula is C13H10F6N2O. The second-order valence-corrected chi connectivity index (χ2v) is 4.80. The molecule has 3 nitrogen and oxygen atoms in total. The predicted octanol–water partition coefficient (Wildman–Crippen LogP) is 3.56. The summed E-state index contributed by atoms with van der Waals surface area (Å²) >= 11 is 0. The summed E-state index contributed by atoms with van der Waals surface area (Å²) in [6.07, 6.45) is -11.8. The van der Waals surface area contributed by atoms with Crippen LogP contribution < -0.4 is 0 Å². The summed E-state index contributed by atoms with van der Waals surface area (Å²) in [5.74, 6) is 0. The zero-order valence-electron chi connectivity index (χ0n) is 11.3. The zero-order chi connectivity index (χ0) is 16.9. The highest BCUT2D eigenvalue weighted by molar-refractivity contribution is 5.75. The van der Waals surface area contributed by atoms with E-state index in [1.807, 2.05) is 0 Å². The molecule has 2 aromatic rings. The van der Waals surface area contributed by atoms with E-state index in [1.54, 1.807) is 6.92 Å². The Morgan fingerprint density at radius 2 is 1.27 bits per heavy atom. The number of alkyl halides is 6. The summed E-state index contributed by atoms with van der Waals surface area (Å²) in [5, 5.41) is 9.34. The van der Waals surface area contributed by atoms with Gasteiger partial charge in [0.1, 0.15) is 0 Å². The highest BCUT2D eigenvalue weighted by atomic mass is 19.4. The molecule has 0 unspecified atom stereocenters. The molecule has 0 aliphatic carbocycles. The number of hydrogen-bond donors (Lipinski definition) is 1. The van der Waals surface area contributed by atoms with Crippen LogP contribution in [0.2, 0.25) is 0 Å². The molecule has 0 amide bonds. The Morgan fingerprint density at radius 3 is 1.73 bits per heavy atom. The minimum absolute atomic E-state index is 0.138. The van der Waals surface area contributed by atoms with E-state index in [-0.39, 0.29) is 11.0 Å². The van der Waals surface area contributed by atoms with Crippen molar-refractivity contribution in [1.82, 2.24) is 9.97 Å². The molecule has 0 aliphatic heterocycles. The molecule has 0 spiro atoms. The monoisotopic (exact) mass is 324 g/mol. The lowest BCUT2D eigenvalue weighted by atomic mass is 9.92. The minimum Gasteiger partial charge on any atom is -0.369 e. The number of nitrogens with zero attached hydrogens (tertiary/aromatic N) is 2. The van der Waals surface area contributed by atoms with E-state index >= 15 is 0 Å². The topological polar surface area (TPSA) is 46.0 Å². The highest BCUT2D eigenvalue weighted by Gasteiger charge is 2.71. The fourth-order valence-electron chi connectivity index (χ4n) is 1.94. The molecule has 1 aromatic carbocycles. The van der Waals surface area contributed by atoms with Crippen LogP contribution in [-0.2, 0) is 5.60 Å². The van der Waals surface area contributed by atoms with Gasteiger partial charge >= 0.3 is 12.4 Å². The number of aryl methyl sites for hydroxylation is 2. The number of fused-ring (bicyclic) bond motifs is 1. The third-order valence-corrected chi connectivity index (χ3v) is 3.31. The van der Waals surface area contributed by atoms with Crippen molar-refractivity contribution >= 4 is 11.0 Å². The van der Waals surface area contributed by atoms with Crippen LogP contribution in [0.1, 0.15) is 17.0 Å².